The number of fused-ring (bicyclic) bond motifs is 2. The molecule has 2 N–H and O–H groups in total. The van der Waals surface area contributed by atoms with Crippen molar-refractivity contribution < 1.29 is 22.7 Å². The monoisotopic (exact) mass is 528 g/mol. The number of aryl methyl sites for hydroxylation is 1. The van der Waals surface area contributed by atoms with E-state index in [1.165, 1.54) is 19.2 Å². The van der Waals surface area contributed by atoms with E-state index >= 15 is 0 Å². The maximum Gasteiger partial charge on any atom is 0.276 e. The molecule has 0 radical (unpaired) electrons. The predicted molar refractivity (Wildman–Crippen MR) is 145 cm³/mol. The van der Waals surface area contributed by atoms with Gasteiger partial charge >= 0.3 is 0 Å². The van der Waals surface area contributed by atoms with E-state index < -0.39 is 15.7 Å². The summed E-state index contributed by atoms with van der Waals surface area (Å²) in [6.07, 6.45) is 3.39. The summed E-state index contributed by atoms with van der Waals surface area (Å²) < 4.78 is 28.7. The Hall–Kier alpha value is -4.57. The summed E-state index contributed by atoms with van der Waals surface area (Å²) in [5.41, 5.74) is 2.37. The molecular formula is C28H24N4O5S. The summed E-state index contributed by atoms with van der Waals surface area (Å²) in [7, 11) is -1.78. The van der Waals surface area contributed by atoms with Crippen LogP contribution in [0, 0.1) is 0 Å². The number of nitrogens with one attached hydrogen (secondary N) is 2. The number of nitrogens with zero attached hydrogens (tertiary/aromatic N) is 2. The Kier molecular flexibility index (Phi) is 6.64. The number of H-pyrrole nitrogens is 1. The van der Waals surface area contributed by atoms with Gasteiger partial charge in [0.1, 0.15) is 17.0 Å². The molecule has 0 aliphatic rings. The Labute approximate surface area is 218 Å². The normalized spacial score (nSPS) is 11.5. The maximum absolute atomic E-state index is 13.2. The Morgan fingerprint density at radius 2 is 1.74 bits per heavy atom. The number of rotatable bonds is 8. The van der Waals surface area contributed by atoms with Crippen molar-refractivity contribution in [2.75, 3.05) is 18.7 Å². The number of sulfone groups is 1. The van der Waals surface area contributed by atoms with Gasteiger partial charge in [-0.05, 0) is 41.6 Å². The lowest BCUT2D eigenvalue weighted by Crippen LogP contribution is -2.14. The van der Waals surface area contributed by atoms with Gasteiger partial charge in [-0.3, -0.25) is 19.9 Å². The van der Waals surface area contributed by atoms with E-state index in [1.807, 2.05) is 24.3 Å². The number of benzene rings is 3. The van der Waals surface area contributed by atoms with Gasteiger partial charge in [-0.1, -0.05) is 36.4 Å². The molecule has 0 unspecified atom stereocenters. The van der Waals surface area contributed by atoms with Gasteiger partial charge in [0.05, 0.1) is 17.5 Å². The zero-order valence-corrected chi connectivity index (χ0v) is 21.5. The zero-order valence-electron chi connectivity index (χ0n) is 20.7. The molecule has 3 aromatic carbocycles. The molecule has 2 aromatic heterocycles. The zero-order chi connectivity index (χ0) is 26.9. The maximum atomic E-state index is 13.2. The highest BCUT2D eigenvalue weighted by atomic mass is 32.2. The summed E-state index contributed by atoms with van der Waals surface area (Å²) in [6.45, 7) is 0. The van der Waals surface area contributed by atoms with Gasteiger partial charge in [-0.25, -0.2) is 13.4 Å². The second kappa shape index (κ2) is 10.1. The Bertz CT molecular complexity index is 1790. The van der Waals surface area contributed by atoms with Crippen LogP contribution >= 0.6 is 0 Å². The summed E-state index contributed by atoms with van der Waals surface area (Å²) in [4.78, 5) is 38.0. The van der Waals surface area contributed by atoms with Gasteiger partial charge in [0.2, 0.25) is 5.95 Å². The first-order valence-corrected chi connectivity index (χ1v) is 13.7. The molecule has 0 aliphatic heterocycles. The van der Waals surface area contributed by atoms with E-state index in [0.717, 1.165) is 22.6 Å². The molecule has 5 aromatic rings. The molecule has 0 saturated heterocycles. The number of amides is 1. The standard InChI is InChI=1S/C28H24N4O5S/c1-37-20-14-22(25(33)12-9-17-7-10-21(11-8-17)38(2,35)36)26-23(15-20)30-28(31-26)32-27(34)24-13-18-5-3-4-6-19(18)16-29-24/h3-8,10-11,13-16H,9,12H2,1-2H3,(H2,30,31,32,34). The SMILES string of the molecule is COc1cc(C(=O)CCc2ccc(S(C)(=O)=O)cc2)c2nc(NC(=O)c3cc4ccccc4cn3)[nH]c2c1. The van der Waals surface area contributed by atoms with Gasteiger partial charge in [0.25, 0.3) is 5.91 Å². The highest BCUT2D eigenvalue weighted by Crippen LogP contribution is 2.27. The van der Waals surface area contributed by atoms with Crippen LogP contribution in [0.15, 0.2) is 77.8 Å². The van der Waals surface area contributed by atoms with Crippen molar-refractivity contribution in [1.82, 2.24) is 15.0 Å². The van der Waals surface area contributed by atoms with Gasteiger partial charge < -0.3 is 9.72 Å². The highest BCUT2D eigenvalue weighted by Gasteiger charge is 2.18. The van der Waals surface area contributed by atoms with Crippen molar-refractivity contribution in [1.29, 1.82) is 0 Å². The fraction of sp³-hybridized carbons (Fsp3) is 0.143. The molecular weight excluding hydrogens is 504 g/mol. The molecule has 192 valence electrons. The van der Waals surface area contributed by atoms with E-state index in [2.05, 4.69) is 20.3 Å². The number of hydrogen-bond acceptors (Lipinski definition) is 7. The molecule has 0 saturated carbocycles. The van der Waals surface area contributed by atoms with Crippen LogP contribution in [-0.4, -0.2) is 48.4 Å². The van der Waals surface area contributed by atoms with E-state index in [-0.39, 0.29) is 28.7 Å². The third kappa shape index (κ3) is 5.25. The predicted octanol–water partition coefficient (Wildman–Crippen LogP) is 4.59. The van der Waals surface area contributed by atoms with Crippen molar-refractivity contribution in [3.05, 3.63) is 89.7 Å². The van der Waals surface area contributed by atoms with E-state index in [1.54, 1.807) is 36.5 Å². The van der Waals surface area contributed by atoms with Crippen molar-refractivity contribution in [3.63, 3.8) is 0 Å². The van der Waals surface area contributed by atoms with E-state index in [4.69, 9.17) is 4.74 Å². The number of aromatic amines is 1. The summed E-state index contributed by atoms with van der Waals surface area (Å²) in [5, 5.41) is 4.54. The third-order valence-corrected chi connectivity index (χ3v) is 7.31. The first-order chi connectivity index (χ1) is 18.2. The average molecular weight is 529 g/mol. The summed E-state index contributed by atoms with van der Waals surface area (Å²) in [6, 6.07) is 19.1. The van der Waals surface area contributed by atoms with Crippen LogP contribution in [0.5, 0.6) is 5.75 Å². The second-order valence-corrected chi connectivity index (χ2v) is 10.9. The first kappa shape index (κ1) is 25.1. The van der Waals surface area contributed by atoms with Gasteiger partial charge in [-0.15, -0.1) is 0 Å². The molecule has 9 nitrogen and oxygen atoms in total. The third-order valence-electron chi connectivity index (χ3n) is 6.18. The summed E-state index contributed by atoms with van der Waals surface area (Å²) >= 11 is 0. The minimum atomic E-state index is -3.29. The number of ketones is 1. The lowest BCUT2D eigenvalue weighted by atomic mass is 10.0. The second-order valence-electron chi connectivity index (χ2n) is 8.87. The topological polar surface area (TPSA) is 131 Å². The van der Waals surface area contributed by atoms with Crippen LogP contribution in [0.25, 0.3) is 21.8 Å². The fourth-order valence-electron chi connectivity index (χ4n) is 4.16. The van der Waals surface area contributed by atoms with Crippen LogP contribution in [0.3, 0.4) is 0 Å². The Morgan fingerprint density at radius 1 is 1.00 bits per heavy atom. The molecule has 0 aliphatic carbocycles. The molecule has 1 amide bonds. The fourth-order valence-corrected chi connectivity index (χ4v) is 4.79. The number of pyridine rings is 1. The number of hydrogen-bond donors (Lipinski definition) is 2. The number of ether oxygens (including phenoxy) is 1. The van der Waals surface area contributed by atoms with Gasteiger partial charge in [-0.2, -0.15) is 0 Å². The molecule has 38 heavy (non-hydrogen) atoms. The smallest absolute Gasteiger partial charge is 0.276 e. The van der Waals surface area contributed by atoms with Gasteiger partial charge in [0.15, 0.2) is 15.6 Å². The van der Waals surface area contributed by atoms with Crippen molar-refractivity contribution in [3.8, 4) is 5.75 Å². The molecule has 10 heteroatoms. The van der Waals surface area contributed by atoms with Crippen LogP contribution in [0.2, 0.25) is 0 Å². The van der Waals surface area contributed by atoms with Crippen molar-refractivity contribution in [2.45, 2.75) is 17.7 Å². The van der Waals surface area contributed by atoms with Crippen molar-refractivity contribution in [2.24, 2.45) is 0 Å². The number of aromatic nitrogens is 3. The Balaban J connectivity index is 1.37. The minimum Gasteiger partial charge on any atom is -0.497 e. The van der Waals surface area contributed by atoms with E-state index in [9.17, 15) is 18.0 Å². The number of anilines is 1. The number of carbonyl (C=O) groups is 2. The molecule has 0 fully saturated rings. The largest absolute Gasteiger partial charge is 0.497 e. The molecule has 2 heterocycles. The number of imidazole rings is 1. The molecule has 0 atom stereocenters. The minimum absolute atomic E-state index is 0.165. The lowest BCUT2D eigenvalue weighted by Gasteiger charge is -2.06. The quantitative estimate of drug-likeness (QED) is 0.282. The summed E-state index contributed by atoms with van der Waals surface area (Å²) in [5.74, 6) is 0.0450. The number of methoxy groups -OCH3 is 1. The van der Waals surface area contributed by atoms with Crippen molar-refractivity contribution >= 4 is 49.3 Å². The molecule has 0 bridgehead atoms. The molecule has 5 rings (SSSR count). The molecule has 0 spiro atoms. The Morgan fingerprint density at radius 3 is 2.45 bits per heavy atom. The lowest BCUT2D eigenvalue weighted by molar-refractivity contribution is 0.0982. The van der Waals surface area contributed by atoms with Crippen LogP contribution in [0.1, 0.15) is 32.8 Å². The number of carbonyl (C=O) groups excluding carboxylic acids is 2. The van der Waals surface area contributed by atoms with Crippen LogP contribution < -0.4 is 10.1 Å². The first-order valence-electron chi connectivity index (χ1n) is 11.8. The van der Waals surface area contributed by atoms with Gasteiger partial charge in [0, 0.05) is 35.9 Å². The number of Topliss-reactive ketones (excluding diaryl/α,β-unsaturated/α-hetero) is 1. The van der Waals surface area contributed by atoms with Crippen LogP contribution in [-0.2, 0) is 16.3 Å². The van der Waals surface area contributed by atoms with Crippen LogP contribution in [0.4, 0.5) is 5.95 Å². The average Bonchev–Trinajstić information content (AvgIpc) is 3.32. The highest BCUT2D eigenvalue weighted by molar-refractivity contribution is 7.90. The van der Waals surface area contributed by atoms with E-state index in [0.29, 0.717) is 28.8 Å².